The molecule has 0 bridgehead atoms. The van der Waals surface area contributed by atoms with Crippen LogP contribution in [-0.4, -0.2) is 19.7 Å². The first-order valence-electron chi connectivity index (χ1n) is 3.80. The molecule has 0 atom stereocenters. The average Bonchev–Trinajstić information content (AvgIpc) is 2.58. The highest BCUT2D eigenvalue weighted by atomic mass is 15.4. The number of nitrogens with one attached hydrogen (secondary N) is 1. The summed E-state index contributed by atoms with van der Waals surface area (Å²) in [6.45, 7) is 3.97. The molecule has 12 heavy (non-hydrogen) atoms. The minimum atomic E-state index is 0.764. The van der Waals surface area contributed by atoms with E-state index in [1.165, 1.54) is 0 Å². The molecule has 4 nitrogen and oxygen atoms in total. The molecule has 4 heteroatoms. The van der Waals surface area contributed by atoms with E-state index in [4.69, 9.17) is 0 Å². The van der Waals surface area contributed by atoms with Gasteiger partial charge in [-0.25, -0.2) is 9.67 Å². The molecule has 0 radical (unpaired) electrons. The van der Waals surface area contributed by atoms with E-state index in [-0.39, 0.29) is 0 Å². The van der Waals surface area contributed by atoms with E-state index in [0.717, 1.165) is 17.3 Å². The van der Waals surface area contributed by atoms with Gasteiger partial charge in [-0.3, -0.25) is 0 Å². The van der Waals surface area contributed by atoms with Crippen molar-refractivity contribution in [3.05, 3.63) is 29.8 Å². The second-order valence-electron chi connectivity index (χ2n) is 2.75. The molecule has 0 aliphatic rings. The van der Waals surface area contributed by atoms with Crippen LogP contribution in [-0.2, 0) is 0 Å². The molecule has 0 aliphatic carbocycles. The van der Waals surface area contributed by atoms with Crippen LogP contribution in [0.5, 0.6) is 0 Å². The van der Waals surface area contributed by atoms with Gasteiger partial charge in [-0.05, 0) is 19.9 Å². The van der Waals surface area contributed by atoms with E-state index in [2.05, 4.69) is 15.1 Å². The van der Waals surface area contributed by atoms with Gasteiger partial charge in [0.25, 0.3) is 0 Å². The predicted molar refractivity (Wildman–Crippen MR) is 45.2 cm³/mol. The number of H-pyrrole nitrogens is 1. The van der Waals surface area contributed by atoms with E-state index >= 15 is 0 Å². The zero-order chi connectivity index (χ0) is 8.55. The molecule has 0 saturated heterocycles. The van der Waals surface area contributed by atoms with Crippen LogP contribution in [0.3, 0.4) is 0 Å². The highest BCUT2D eigenvalue weighted by Crippen LogP contribution is 2.06. The third-order valence-electron chi connectivity index (χ3n) is 1.69. The summed E-state index contributed by atoms with van der Waals surface area (Å²) in [4.78, 5) is 7.10. The lowest BCUT2D eigenvalue weighted by Gasteiger charge is -1.96. The van der Waals surface area contributed by atoms with Crippen LogP contribution in [0.15, 0.2) is 18.5 Å². The first-order valence-corrected chi connectivity index (χ1v) is 3.80. The van der Waals surface area contributed by atoms with Crippen LogP contribution in [0.2, 0.25) is 0 Å². The van der Waals surface area contributed by atoms with Crippen molar-refractivity contribution in [2.75, 3.05) is 0 Å². The smallest absolute Gasteiger partial charge is 0.228 e. The lowest BCUT2D eigenvalue weighted by atomic mass is 10.4. The van der Waals surface area contributed by atoms with Gasteiger partial charge in [-0.1, -0.05) is 0 Å². The van der Waals surface area contributed by atoms with Crippen LogP contribution in [0, 0.1) is 13.8 Å². The monoisotopic (exact) mass is 162 g/mol. The Morgan fingerprint density at radius 2 is 2.25 bits per heavy atom. The summed E-state index contributed by atoms with van der Waals surface area (Å²) in [6, 6.07) is 2.02. The van der Waals surface area contributed by atoms with E-state index in [1.807, 2.05) is 19.9 Å². The molecule has 2 heterocycles. The lowest BCUT2D eigenvalue weighted by Crippen LogP contribution is -2.00. The molecular formula is C8H10N4. The minimum Gasteiger partial charge on any atom is -0.329 e. The summed E-state index contributed by atoms with van der Waals surface area (Å²) in [5, 5.41) is 4.28. The minimum absolute atomic E-state index is 0.764. The van der Waals surface area contributed by atoms with Crippen molar-refractivity contribution in [1.29, 1.82) is 0 Å². The van der Waals surface area contributed by atoms with E-state index in [9.17, 15) is 0 Å². The van der Waals surface area contributed by atoms with Gasteiger partial charge in [0.15, 0.2) is 0 Å². The van der Waals surface area contributed by atoms with Crippen molar-refractivity contribution in [2.24, 2.45) is 0 Å². The first-order chi connectivity index (χ1) is 5.77. The summed E-state index contributed by atoms with van der Waals surface area (Å²) < 4.78 is 1.79. The molecule has 0 aliphatic heterocycles. The molecule has 2 rings (SSSR count). The fraction of sp³-hybridized carbons (Fsp3) is 0.250. The third-order valence-corrected chi connectivity index (χ3v) is 1.69. The fourth-order valence-electron chi connectivity index (χ4n) is 1.22. The Labute approximate surface area is 70.3 Å². The number of aryl methyl sites for hydroxylation is 2. The maximum atomic E-state index is 4.28. The Hall–Kier alpha value is -1.58. The van der Waals surface area contributed by atoms with Crippen LogP contribution < -0.4 is 0 Å². The average molecular weight is 162 g/mol. The van der Waals surface area contributed by atoms with Gasteiger partial charge in [0.1, 0.15) is 0 Å². The molecule has 0 unspecified atom stereocenters. The van der Waals surface area contributed by atoms with Gasteiger partial charge >= 0.3 is 0 Å². The van der Waals surface area contributed by atoms with Crippen LogP contribution >= 0.6 is 0 Å². The summed E-state index contributed by atoms with van der Waals surface area (Å²) in [6.07, 6.45) is 3.50. The Balaban J connectivity index is 2.54. The molecule has 62 valence electrons. The van der Waals surface area contributed by atoms with Gasteiger partial charge in [0, 0.05) is 18.1 Å². The molecule has 0 spiro atoms. The SMILES string of the molecule is Cc1cc(C)n(-c2ncc[nH]2)n1. The maximum Gasteiger partial charge on any atom is 0.228 e. The molecule has 0 amide bonds. The number of hydrogen-bond acceptors (Lipinski definition) is 2. The standard InChI is InChI=1S/C8H10N4/c1-6-5-7(2)12(11-6)8-9-3-4-10-8/h3-5H,1-2H3,(H,9,10). The van der Waals surface area contributed by atoms with Gasteiger partial charge < -0.3 is 4.98 Å². The number of imidazole rings is 1. The molecular weight excluding hydrogens is 152 g/mol. The molecule has 1 N–H and O–H groups in total. The van der Waals surface area contributed by atoms with Crippen LogP contribution in [0.1, 0.15) is 11.4 Å². The van der Waals surface area contributed by atoms with Gasteiger partial charge in [0.2, 0.25) is 5.95 Å². The van der Waals surface area contributed by atoms with E-state index < -0.39 is 0 Å². The summed E-state index contributed by atoms with van der Waals surface area (Å²) >= 11 is 0. The summed E-state index contributed by atoms with van der Waals surface area (Å²) in [7, 11) is 0. The van der Waals surface area contributed by atoms with Gasteiger partial charge in [-0.15, -0.1) is 0 Å². The Kier molecular flexibility index (Phi) is 1.46. The molecule has 2 aromatic rings. The highest BCUT2D eigenvalue weighted by Gasteiger charge is 2.03. The largest absolute Gasteiger partial charge is 0.329 e. The van der Waals surface area contributed by atoms with Gasteiger partial charge in [0.05, 0.1) is 5.69 Å². The van der Waals surface area contributed by atoms with E-state index in [1.54, 1.807) is 17.1 Å². The number of nitrogens with zero attached hydrogens (tertiary/aromatic N) is 3. The molecule has 2 aromatic heterocycles. The third kappa shape index (κ3) is 1.01. The Morgan fingerprint density at radius 3 is 2.75 bits per heavy atom. The summed E-state index contributed by atoms with van der Waals surface area (Å²) in [5.74, 6) is 0.764. The first kappa shape index (κ1) is 7.09. The molecule has 0 saturated carbocycles. The number of aromatic nitrogens is 4. The van der Waals surface area contributed by atoms with Crippen molar-refractivity contribution in [3.63, 3.8) is 0 Å². The van der Waals surface area contributed by atoms with Crippen molar-refractivity contribution >= 4 is 0 Å². The Bertz CT molecular complexity index is 372. The zero-order valence-electron chi connectivity index (χ0n) is 7.07. The normalized spacial score (nSPS) is 10.5. The topological polar surface area (TPSA) is 46.5 Å². The number of aromatic amines is 1. The highest BCUT2D eigenvalue weighted by molar-refractivity contribution is 5.17. The van der Waals surface area contributed by atoms with Crippen LogP contribution in [0.4, 0.5) is 0 Å². The quantitative estimate of drug-likeness (QED) is 0.685. The molecule has 0 fully saturated rings. The predicted octanol–water partition coefficient (Wildman–Crippen LogP) is 1.21. The molecule has 0 aromatic carbocycles. The Morgan fingerprint density at radius 1 is 1.42 bits per heavy atom. The van der Waals surface area contributed by atoms with Crippen molar-refractivity contribution in [2.45, 2.75) is 13.8 Å². The number of hydrogen-bond donors (Lipinski definition) is 1. The number of rotatable bonds is 1. The fourth-order valence-corrected chi connectivity index (χ4v) is 1.22. The van der Waals surface area contributed by atoms with Gasteiger partial charge in [-0.2, -0.15) is 5.10 Å². The van der Waals surface area contributed by atoms with Crippen LogP contribution in [0.25, 0.3) is 5.95 Å². The lowest BCUT2D eigenvalue weighted by molar-refractivity contribution is 0.787. The second kappa shape index (κ2) is 2.48. The second-order valence-corrected chi connectivity index (χ2v) is 2.75. The van der Waals surface area contributed by atoms with Crippen molar-refractivity contribution in [1.82, 2.24) is 19.7 Å². The summed E-state index contributed by atoms with van der Waals surface area (Å²) in [5.41, 5.74) is 2.09. The van der Waals surface area contributed by atoms with Crippen molar-refractivity contribution < 1.29 is 0 Å². The van der Waals surface area contributed by atoms with Crippen molar-refractivity contribution in [3.8, 4) is 5.95 Å². The maximum absolute atomic E-state index is 4.28. The van der Waals surface area contributed by atoms with E-state index in [0.29, 0.717) is 0 Å². The zero-order valence-corrected chi connectivity index (χ0v) is 7.07.